The second-order valence-electron chi connectivity index (χ2n) is 7.04. The average molecular weight is 415 g/mol. The van der Waals surface area contributed by atoms with Gasteiger partial charge in [-0.1, -0.05) is 18.2 Å². The third-order valence-electron chi connectivity index (χ3n) is 4.28. The highest BCUT2D eigenvalue weighted by molar-refractivity contribution is 7.80. The van der Waals surface area contributed by atoms with Crippen molar-refractivity contribution >= 4 is 28.9 Å². The molecule has 0 spiro atoms. The van der Waals surface area contributed by atoms with Gasteiger partial charge in [-0.2, -0.15) is 0 Å². The molecule has 2 aromatic carbocycles. The Morgan fingerprint density at radius 1 is 1.24 bits per heavy atom. The van der Waals surface area contributed by atoms with E-state index in [0.717, 1.165) is 19.4 Å². The smallest absolute Gasteiger partial charge is 0.257 e. The lowest BCUT2D eigenvalue weighted by atomic mass is 10.2. The predicted molar refractivity (Wildman–Crippen MR) is 117 cm³/mol. The van der Waals surface area contributed by atoms with Crippen LogP contribution in [0.5, 0.6) is 11.5 Å². The standard InChI is InChI=1S/C22H26N2O4S/c1-15(2)28-17-8-5-7-16(13-17)21(25)24-22(29)23-19-10-3-4-11-20(19)27-14-18-9-6-12-26-18/h3-5,7-8,10-11,13,15,18H,6,9,12,14H2,1-2H3,(H2,23,24,25,29). The number of para-hydroxylation sites is 2. The van der Waals surface area contributed by atoms with Crippen molar-refractivity contribution in [1.29, 1.82) is 0 Å². The van der Waals surface area contributed by atoms with Gasteiger partial charge in [-0.25, -0.2) is 0 Å². The highest BCUT2D eigenvalue weighted by Gasteiger charge is 2.17. The van der Waals surface area contributed by atoms with Crippen molar-refractivity contribution in [2.75, 3.05) is 18.5 Å². The molecule has 3 rings (SSSR count). The molecular weight excluding hydrogens is 388 g/mol. The van der Waals surface area contributed by atoms with E-state index in [1.165, 1.54) is 0 Å². The molecule has 6 nitrogen and oxygen atoms in total. The zero-order chi connectivity index (χ0) is 20.6. The number of carbonyl (C=O) groups excluding carboxylic acids is 1. The molecule has 1 heterocycles. The number of rotatable bonds is 7. The van der Waals surface area contributed by atoms with E-state index in [1.807, 2.05) is 44.2 Å². The minimum atomic E-state index is -0.311. The first-order chi connectivity index (χ1) is 14.0. The molecule has 1 atom stereocenters. The molecule has 0 saturated carbocycles. The van der Waals surface area contributed by atoms with Crippen LogP contribution in [0.1, 0.15) is 37.0 Å². The maximum Gasteiger partial charge on any atom is 0.257 e. The highest BCUT2D eigenvalue weighted by atomic mass is 32.1. The summed E-state index contributed by atoms with van der Waals surface area (Å²) in [5.41, 5.74) is 1.16. The van der Waals surface area contributed by atoms with Crippen LogP contribution in [0.4, 0.5) is 5.69 Å². The second-order valence-corrected chi connectivity index (χ2v) is 7.45. The van der Waals surface area contributed by atoms with Crippen molar-refractivity contribution in [3.05, 3.63) is 54.1 Å². The molecule has 1 unspecified atom stereocenters. The zero-order valence-corrected chi connectivity index (χ0v) is 17.5. The molecule has 1 fully saturated rings. The van der Waals surface area contributed by atoms with E-state index in [9.17, 15) is 4.79 Å². The molecule has 29 heavy (non-hydrogen) atoms. The second kappa shape index (κ2) is 10.2. The summed E-state index contributed by atoms with van der Waals surface area (Å²) >= 11 is 5.31. The summed E-state index contributed by atoms with van der Waals surface area (Å²) in [4.78, 5) is 12.5. The normalized spacial score (nSPS) is 15.8. The summed E-state index contributed by atoms with van der Waals surface area (Å²) in [6.45, 7) is 5.14. The van der Waals surface area contributed by atoms with Gasteiger partial charge in [0.15, 0.2) is 5.11 Å². The van der Waals surface area contributed by atoms with Gasteiger partial charge in [0.1, 0.15) is 18.1 Å². The van der Waals surface area contributed by atoms with Crippen LogP contribution < -0.4 is 20.1 Å². The summed E-state index contributed by atoms with van der Waals surface area (Å²) in [5.74, 6) is 0.987. The third-order valence-corrected chi connectivity index (χ3v) is 4.48. The molecule has 0 aliphatic carbocycles. The number of hydrogen-bond donors (Lipinski definition) is 2. The number of amides is 1. The Morgan fingerprint density at radius 2 is 2.07 bits per heavy atom. The Bertz CT molecular complexity index is 850. The van der Waals surface area contributed by atoms with E-state index in [-0.39, 0.29) is 23.2 Å². The minimum absolute atomic E-state index is 0.0298. The Labute approximate surface area is 176 Å². The van der Waals surface area contributed by atoms with Gasteiger partial charge in [-0.3, -0.25) is 10.1 Å². The molecule has 0 bridgehead atoms. The van der Waals surface area contributed by atoms with E-state index in [4.69, 9.17) is 26.4 Å². The van der Waals surface area contributed by atoms with Gasteiger partial charge in [0, 0.05) is 12.2 Å². The molecule has 2 aromatic rings. The summed E-state index contributed by atoms with van der Waals surface area (Å²) in [6.07, 6.45) is 2.22. The Kier molecular flexibility index (Phi) is 7.43. The average Bonchev–Trinajstić information content (AvgIpc) is 3.20. The van der Waals surface area contributed by atoms with E-state index in [1.54, 1.807) is 18.2 Å². The van der Waals surface area contributed by atoms with Crippen LogP contribution >= 0.6 is 12.2 Å². The van der Waals surface area contributed by atoms with E-state index in [0.29, 0.717) is 29.4 Å². The largest absolute Gasteiger partial charge is 0.491 e. The van der Waals surface area contributed by atoms with Crippen LogP contribution in [-0.4, -0.2) is 36.4 Å². The summed E-state index contributed by atoms with van der Waals surface area (Å²) in [6, 6.07) is 14.5. The van der Waals surface area contributed by atoms with Crippen molar-refractivity contribution in [2.24, 2.45) is 0 Å². The molecule has 1 aliphatic heterocycles. The Balaban J connectivity index is 1.58. The maximum absolute atomic E-state index is 12.5. The van der Waals surface area contributed by atoms with Crippen molar-refractivity contribution in [1.82, 2.24) is 5.32 Å². The monoisotopic (exact) mass is 414 g/mol. The molecule has 1 saturated heterocycles. The van der Waals surface area contributed by atoms with Gasteiger partial charge in [-0.05, 0) is 69.2 Å². The van der Waals surface area contributed by atoms with Gasteiger partial charge in [0.25, 0.3) is 5.91 Å². The van der Waals surface area contributed by atoms with Gasteiger partial charge < -0.3 is 19.5 Å². The molecule has 7 heteroatoms. The number of carbonyl (C=O) groups is 1. The number of nitrogens with one attached hydrogen (secondary N) is 2. The molecular formula is C22H26N2O4S. The molecule has 1 amide bonds. The Hall–Kier alpha value is -2.64. The van der Waals surface area contributed by atoms with Crippen LogP contribution in [0.3, 0.4) is 0 Å². The van der Waals surface area contributed by atoms with E-state index in [2.05, 4.69) is 10.6 Å². The van der Waals surface area contributed by atoms with Gasteiger partial charge in [0.05, 0.1) is 17.9 Å². The minimum Gasteiger partial charge on any atom is -0.491 e. The summed E-state index contributed by atoms with van der Waals surface area (Å²) in [5, 5.41) is 5.92. The fraction of sp³-hybridized carbons (Fsp3) is 0.364. The van der Waals surface area contributed by atoms with Crippen molar-refractivity contribution in [3.8, 4) is 11.5 Å². The summed E-state index contributed by atoms with van der Waals surface area (Å²) < 4.78 is 17.1. The maximum atomic E-state index is 12.5. The fourth-order valence-corrected chi connectivity index (χ4v) is 3.17. The Morgan fingerprint density at radius 3 is 2.83 bits per heavy atom. The lowest BCUT2D eigenvalue weighted by Gasteiger charge is -2.16. The van der Waals surface area contributed by atoms with Crippen LogP contribution in [-0.2, 0) is 4.74 Å². The van der Waals surface area contributed by atoms with E-state index >= 15 is 0 Å². The first-order valence-electron chi connectivity index (χ1n) is 9.74. The SMILES string of the molecule is CC(C)Oc1cccc(C(=O)NC(=S)Nc2ccccc2OCC2CCCO2)c1. The first kappa shape index (κ1) is 21.1. The number of ether oxygens (including phenoxy) is 3. The van der Waals surface area contributed by atoms with Crippen molar-refractivity contribution in [2.45, 2.75) is 38.9 Å². The van der Waals surface area contributed by atoms with Crippen molar-refractivity contribution in [3.63, 3.8) is 0 Å². The van der Waals surface area contributed by atoms with Gasteiger partial charge in [-0.15, -0.1) is 0 Å². The molecule has 0 radical (unpaired) electrons. The lowest BCUT2D eigenvalue weighted by Crippen LogP contribution is -2.34. The highest BCUT2D eigenvalue weighted by Crippen LogP contribution is 2.25. The van der Waals surface area contributed by atoms with Crippen LogP contribution in [0.25, 0.3) is 0 Å². The lowest BCUT2D eigenvalue weighted by molar-refractivity contribution is 0.0682. The third kappa shape index (κ3) is 6.44. The quantitative estimate of drug-likeness (QED) is 0.663. The topological polar surface area (TPSA) is 68.8 Å². The van der Waals surface area contributed by atoms with E-state index < -0.39 is 0 Å². The molecule has 1 aliphatic rings. The zero-order valence-electron chi connectivity index (χ0n) is 16.6. The molecule has 154 valence electrons. The first-order valence-corrected chi connectivity index (χ1v) is 10.1. The number of thiocarbonyl (C=S) groups is 1. The van der Waals surface area contributed by atoms with Gasteiger partial charge >= 0.3 is 0 Å². The molecule has 0 aromatic heterocycles. The predicted octanol–water partition coefficient (Wildman–Crippen LogP) is 4.16. The molecule has 2 N–H and O–H groups in total. The van der Waals surface area contributed by atoms with Crippen LogP contribution in [0, 0.1) is 0 Å². The number of benzene rings is 2. The number of hydrogen-bond acceptors (Lipinski definition) is 5. The van der Waals surface area contributed by atoms with Crippen LogP contribution in [0.2, 0.25) is 0 Å². The van der Waals surface area contributed by atoms with Crippen molar-refractivity contribution < 1.29 is 19.0 Å². The van der Waals surface area contributed by atoms with Gasteiger partial charge in [0.2, 0.25) is 0 Å². The number of anilines is 1. The fourth-order valence-electron chi connectivity index (χ4n) is 2.97. The van der Waals surface area contributed by atoms with Crippen LogP contribution in [0.15, 0.2) is 48.5 Å². The summed E-state index contributed by atoms with van der Waals surface area (Å²) in [7, 11) is 0.